The average Bonchev–Trinajstić information content (AvgIpc) is 2.72. The predicted octanol–water partition coefficient (Wildman–Crippen LogP) is 0.783. The van der Waals surface area contributed by atoms with Gasteiger partial charge in [0.25, 0.3) is 0 Å². The van der Waals surface area contributed by atoms with Crippen LogP contribution < -0.4 is 16.4 Å². The first-order chi connectivity index (χ1) is 13.9. The number of rotatable bonds is 10. The first kappa shape index (κ1) is 22.4. The molecule has 0 radical (unpaired) electrons. The van der Waals surface area contributed by atoms with Crippen molar-refractivity contribution in [2.75, 3.05) is 5.75 Å². The first-order valence-corrected chi connectivity index (χ1v) is 9.81. The fraction of sp³-hybridized carbons (Fsp3) is 0.286. The monoisotopic (exact) mass is 415 g/mol. The number of thiol groups is 1. The summed E-state index contributed by atoms with van der Waals surface area (Å²) in [7, 11) is 0. The lowest BCUT2D eigenvalue weighted by Crippen LogP contribution is -2.55. The number of carboxylic acid groups (broad SMARTS) is 1. The number of nitrogens with two attached hydrogens (primary N) is 1. The zero-order chi connectivity index (χ0) is 21.2. The first-order valence-electron chi connectivity index (χ1n) is 9.18. The lowest BCUT2D eigenvalue weighted by molar-refractivity contribution is -0.142. The Bertz CT molecular complexity index is 817. The molecular weight excluding hydrogens is 390 g/mol. The van der Waals surface area contributed by atoms with Crippen molar-refractivity contribution in [2.24, 2.45) is 5.73 Å². The van der Waals surface area contributed by atoms with Crippen LogP contribution in [0.3, 0.4) is 0 Å². The maximum Gasteiger partial charge on any atom is 0.326 e. The smallest absolute Gasteiger partial charge is 0.326 e. The van der Waals surface area contributed by atoms with E-state index >= 15 is 0 Å². The Kier molecular flexibility index (Phi) is 8.69. The minimum Gasteiger partial charge on any atom is -0.480 e. The molecule has 0 bridgehead atoms. The Morgan fingerprint density at radius 1 is 0.828 bits per heavy atom. The number of carboxylic acids is 1. The Labute approximate surface area is 175 Å². The van der Waals surface area contributed by atoms with E-state index in [1.165, 1.54) is 0 Å². The molecule has 0 aliphatic heterocycles. The lowest BCUT2D eigenvalue weighted by atomic mass is 10.0. The molecule has 0 saturated carbocycles. The summed E-state index contributed by atoms with van der Waals surface area (Å²) in [5, 5.41) is 14.4. The van der Waals surface area contributed by atoms with E-state index in [0.717, 1.165) is 11.1 Å². The third-order valence-electron chi connectivity index (χ3n) is 4.35. The summed E-state index contributed by atoms with van der Waals surface area (Å²) >= 11 is 4.11. The third-order valence-corrected chi connectivity index (χ3v) is 4.71. The summed E-state index contributed by atoms with van der Waals surface area (Å²) in [6.45, 7) is 0. The molecule has 8 heteroatoms. The highest BCUT2D eigenvalue weighted by Gasteiger charge is 2.27. The number of hydrogen-bond acceptors (Lipinski definition) is 5. The second-order valence-corrected chi connectivity index (χ2v) is 6.99. The van der Waals surface area contributed by atoms with Gasteiger partial charge in [-0.25, -0.2) is 4.79 Å². The van der Waals surface area contributed by atoms with Gasteiger partial charge in [0, 0.05) is 12.2 Å². The van der Waals surface area contributed by atoms with E-state index in [-0.39, 0.29) is 12.2 Å². The molecule has 0 aromatic heterocycles. The molecule has 0 unspecified atom stereocenters. The van der Waals surface area contributed by atoms with Gasteiger partial charge in [-0.2, -0.15) is 12.6 Å². The van der Waals surface area contributed by atoms with E-state index in [9.17, 15) is 19.5 Å². The highest BCUT2D eigenvalue weighted by atomic mass is 32.1. The standard InChI is InChI=1S/C21H25N3O4S/c22-16(11-14-7-3-1-4-8-14)19(25)24-18(13-29)20(26)23-17(21(27)28)12-15-9-5-2-6-10-15/h1-10,16-18,29H,11-13,22H2,(H,23,26)(H,24,25)(H,27,28)/t16-,17+,18+/m1/s1. The van der Waals surface area contributed by atoms with Gasteiger partial charge < -0.3 is 21.5 Å². The maximum atomic E-state index is 12.5. The highest BCUT2D eigenvalue weighted by molar-refractivity contribution is 7.80. The molecule has 154 valence electrons. The van der Waals surface area contributed by atoms with E-state index in [4.69, 9.17) is 5.73 Å². The Morgan fingerprint density at radius 3 is 1.79 bits per heavy atom. The second-order valence-electron chi connectivity index (χ2n) is 6.63. The number of carbonyl (C=O) groups is 3. The van der Waals surface area contributed by atoms with Crippen LogP contribution in [0.5, 0.6) is 0 Å². The molecule has 3 atom stereocenters. The van der Waals surface area contributed by atoms with E-state index in [0.29, 0.717) is 6.42 Å². The number of nitrogens with one attached hydrogen (secondary N) is 2. The molecule has 2 rings (SSSR count). The molecule has 0 heterocycles. The summed E-state index contributed by atoms with van der Waals surface area (Å²) in [5.41, 5.74) is 7.61. The van der Waals surface area contributed by atoms with E-state index in [1.54, 1.807) is 24.3 Å². The van der Waals surface area contributed by atoms with Gasteiger partial charge in [0.15, 0.2) is 0 Å². The molecule has 7 nitrogen and oxygen atoms in total. The molecule has 0 aliphatic rings. The zero-order valence-electron chi connectivity index (χ0n) is 15.8. The zero-order valence-corrected chi connectivity index (χ0v) is 16.7. The van der Waals surface area contributed by atoms with Crippen molar-refractivity contribution in [2.45, 2.75) is 31.0 Å². The Balaban J connectivity index is 1.95. The van der Waals surface area contributed by atoms with Crippen molar-refractivity contribution in [1.29, 1.82) is 0 Å². The van der Waals surface area contributed by atoms with Gasteiger partial charge in [-0.1, -0.05) is 60.7 Å². The summed E-state index contributed by atoms with van der Waals surface area (Å²) in [4.78, 5) is 36.4. The van der Waals surface area contributed by atoms with E-state index in [1.807, 2.05) is 36.4 Å². The molecule has 0 saturated heterocycles. The lowest BCUT2D eigenvalue weighted by Gasteiger charge is -2.22. The van der Waals surface area contributed by atoms with Gasteiger partial charge >= 0.3 is 5.97 Å². The molecule has 5 N–H and O–H groups in total. The van der Waals surface area contributed by atoms with Crippen LogP contribution in [0.2, 0.25) is 0 Å². The predicted molar refractivity (Wildman–Crippen MR) is 114 cm³/mol. The molecule has 0 fully saturated rings. The summed E-state index contributed by atoms with van der Waals surface area (Å²) in [6, 6.07) is 15.3. The minimum atomic E-state index is -1.16. The average molecular weight is 416 g/mol. The van der Waals surface area contributed by atoms with Gasteiger partial charge in [-0.3, -0.25) is 9.59 Å². The topological polar surface area (TPSA) is 122 Å². The van der Waals surface area contributed by atoms with Crippen molar-refractivity contribution in [1.82, 2.24) is 10.6 Å². The molecule has 2 aromatic carbocycles. The van der Waals surface area contributed by atoms with Crippen molar-refractivity contribution in [3.8, 4) is 0 Å². The van der Waals surface area contributed by atoms with Crippen molar-refractivity contribution >= 4 is 30.4 Å². The van der Waals surface area contributed by atoms with Gasteiger partial charge in [0.1, 0.15) is 12.1 Å². The normalized spacial score (nSPS) is 13.7. The van der Waals surface area contributed by atoms with E-state index < -0.39 is 35.9 Å². The summed E-state index contributed by atoms with van der Waals surface area (Å²) in [5.74, 6) is -2.28. The highest BCUT2D eigenvalue weighted by Crippen LogP contribution is 2.05. The van der Waals surface area contributed by atoms with Crippen molar-refractivity contribution in [3.63, 3.8) is 0 Å². The molecule has 0 spiro atoms. The van der Waals surface area contributed by atoms with Crippen LogP contribution in [0, 0.1) is 0 Å². The largest absolute Gasteiger partial charge is 0.480 e. The fourth-order valence-electron chi connectivity index (χ4n) is 2.76. The van der Waals surface area contributed by atoms with Crippen molar-refractivity contribution < 1.29 is 19.5 Å². The quantitative estimate of drug-likeness (QED) is 0.367. The number of amides is 2. The van der Waals surface area contributed by atoms with Crippen LogP contribution >= 0.6 is 12.6 Å². The fourth-order valence-corrected chi connectivity index (χ4v) is 3.01. The van der Waals surface area contributed by atoms with Gasteiger partial charge in [-0.05, 0) is 17.5 Å². The second kappa shape index (κ2) is 11.2. The van der Waals surface area contributed by atoms with Crippen LogP contribution in [0.4, 0.5) is 0 Å². The molecular formula is C21H25N3O4S. The number of aliphatic carboxylic acids is 1. The van der Waals surface area contributed by atoms with Gasteiger partial charge in [-0.15, -0.1) is 0 Å². The van der Waals surface area contributed by atoms with Crippen LogP contribution in [0.25, 0.3) is 0 Å². The summed E-state index contributed by atoms with van der Waals surface area (Å²) < 4.78 is 0. The molecule has 2 amide bonds. The SMILES string of the molecule is N[C@H](Cc1ccccc1)C(=O)N[C@@H](CS)C(=O)N[C@@H](Cc1ccccc1)C(=O)O. The van der Waals surface area contributed by atoms with Crippen LogP contribution in [0.15, 0.2) is 60.7 Å². The summed E-state index contributed by atoms with van der Waals surface area (Å²) in [6.07, 6.45) is 0.446. The minimum absolute atomic E-state index is 0.00725. The van der Waals surface area contributed by atoms with E-state index in [2.05, 4.69) is 23.3 Å². The molecule has 0 aliphatic carbocycles. The number of carbonyl (C=O) groups excluding carboxylic acids is 2. The van der Waals surface area contributed by atoms with Crippen LogP contribution in [-0.4, -0.2) is 46.8 Å². The molecule has 2 aromatic rings. The van der Waals surface area contributed by atoms with Crippen LogP contribution in [-0.2, 0) is 27.2 Å². The number of benzene rings is 2. The Morgan fingerprint density at radius 2 is 1.31 bits per heavy atom. The van der Waals surface area contributed by atoms with Gasteiger partial charge in [0.2, 0.25) is 11.8 Å². The van der Waals surface area contributed by atoms with Crippen LogP contribution in [0.1, 0.15) is 11.1 Å². The Hall–Kier alpha value is -2.84. The maximum absolute atomic E-state index is 12.5. The van der Waals surface area contributed by atoms with Gasteiger partial charge in [0.05, 0.1) is 6.04 Å². The third kappa shape index (κ3) is 7.24. The van der Waals surface area contributed by atoms with Crippen molar-refractivity contribution in [3.05, 3.63) is 71.8 Å². The number of hydrogen-bond donors (Lipinski definition) is 5. The molecule has 29 heavy (non-hydrogen) atoms.